The number of hydrogen-bond acceptors (Lipinski definition) is 5. The number of ether oxygens (including phenoxy) is 3. The standard InChI is InChI=1S/C14H24O4S/c1-16-7-8-17-5-3-13(15)12-2-6-18-14(10-12)4-9-19-11-14/h12H,2-11H2,1H3. The molecular formula is C14H24O4S. The molecule has 19 heavy (non-hydrogen) atoms. The number of hydrogen-bond donors (Lipinski definition) is 0. The van der Waals surface area contributed by atoms with Gasteiger partial charge in [-0.2, -0.15) is 11.8 Å². The summed E-state index contributed by atoms with van der Waals surface area (Å²) in [4.78, 5) is 12.2. The van der Waals surface area contributed by atoms with Crippen molar-refractivity contribution in [3.05, 3.63) is 0 Å². The molecule has 2 heterocycles. The molecule has 2 aliphatic rings. The van der Waals surface area contributed by atoms with Crippen LogP contribution in [0.1, 0.15) is 25.7 Å². The van der Waals surface area contributed by atoms with E-state index in [1.807, 2.05) is 11.8 Å². The van der Waals surface area contributed by atoms with E-state index in [0.29, 0.717) is 32.0 Å². The molecular weight excluding hydrogens is 264 g/mol. The highest BCUT2D eigenvalue weighted by molar-refractivity contribution is 7.99. The summed E-state index contributed by atoms with van der Waals surface area (Å²) in [5, 5.41) is 0. The van der Waals surface area contributed by atoms with Crippen molar-refractivity contribution in [2.75, 3.05) is 45.0 Å². The van der Waals surface area contributed by atoms with E-state index in [1.165, 1.54) is 5.75 Å². The van der Waals surface area contributed by atoms with E-state index in [2.05, 4.69) is 0 Å². The van der Waals surface area contributed by atoms with Crippen LogP contribution in [0.25, 0.3) is 0 Å². The Kier molecular flexibility index (Phi) is 6.13. The average Bonchev–Trinajstić information content (AvgIpc) is 2.86. The molecule has 0 aromatic heterocycles. The molecule has 1 spiro atoms. The van der Waals surface area contributed by atoms with Crippen molar-refractivity contribution < 1.29 is 19.0 Å². The van der Waals surface area contributed by atoms with Crippen molar-refractivity contribution in [2.24, 2.45) is 5.92 Å². The summed E-state index contributed by atoms with van der Waals surface area (Å²) in [6, 6.07) is 0. The third-order valence-electron chi connectivity index (χ3n) is 3.94. The molecule has 2 aliphatic heterocycles. The van der Waals surface area contributed by atoms with Crippen molar-refractivity contribution in [2.45, 2.75) is 31.3 Å². The number of ketones is 1. The molecule has 0 aromatic carbocycles. The molecule has 0 saturated carbocycles. The fraction of sp³-hybridized carbons (Fsp3) is 0.929. The van der Waals surface area contributed by atoms with Crippen LogP contribution >= 0.6 is 11.8 Å². The monoisotopic (exact) mass is 288 g/mol. The van der Waals surface area contributed by atoms with Gasteiger partial charge in [0.1, 0.15) is 5.78 Å². The van der Waals surface area contributed by atoms with Gasteiger partial charge in [0.2, 0.25) is 0 Å². The quantitative estimate of drug-likeness (QED) is 0.670. The largest absolute Gasteiger partial charge is 0.382 e. The van der Waals surface area contributed by atoms with Crippen LogP contribution in [-0.2, 0) is 19.0 Å². The maximum absolute atomic E-state index is 12.2. The summed E-state index contributed by atoms with van der Waals surface area (Å²) in [6.45, 7) is 2.41. The Morgan fingerprint density at radius 2 is 2.32 bits per heavy atom. The fourth-order valence-electron chi connectivity index (χ4n) is 2.79. The minimum Gasteiger partial charge on any atom is -0.382 e. The van der Waals surface area contributed by atoms with Crippen LogP contribution in [0.5, 0.6) is 0 Å². The Balaban J connectivity index is 1.70. The Morgan fingerprint density at radius 3 is 3.05 bits per heavy atom. The number of Topliss-reactive ketones (excluding diaryl/α,β-unsaturated/α-hetero) is 1. The second kappa shape index (κ2) is 7.62. The lowest BCUT2D eigenvalue weighted by Gasteiger charge is -2.37. The fourth-order valence-corrected chi connectivity index (χ4v) is 4.17. The van der Waals surface area contributed by atoms with E-state index in [9.17, 15) is 4.79 Å². The maximum atomic E-state index is 12.2. The molecule has 2 atom stereocenters. The number of rotatable bonds is 7. The Hall–Kier alpha value is -0.100. The molecule has 4 nitrogen and oxygen atoms in total. The third kappa shape index (κ3) is 4.45. The molecule has 2 saturated heterocycles. The highest BCUT2D eigenvalue weighted by atomic mass is 32.2. The molecule has 0 aliphatic carbocycles. The first-order valence-corrected chi connectivity index (χ1v) is 8.22. The van der Waals surface area contributed by atoms with Crippen LogP contribution in [0.3, 0.4) is 0 Å². The van der Waals surface area contributed by atoms with Gasteiger partial charge in [-0.1, -0.05) is 0 Å². The zero-order chi connectivity index (χ0) is 13.6. The first-order chi connectivity index (χ1) is 9.26. The smallest absolute Gasteiger partial charge is 0.138 e. The summed E-state index contributed by atoms with van der Waals surface area (Å²) in [7, 11) is 1.65. The van der Waals surface area contributed by atoms with Crippen molar-refractivity contribution in [1.82, 2.24) is 0 Å². The molecule has 2 fully saturated rings. The van der Waals surface area contributed by atoms with Gasteiger partial charge in [0.25, 0.3) is 0 Å². The molecule has 2 unspecified atom stereocenters. The van der Waals surface area contributed by atoms with Crippen molar-refractivity contribution in [1.29, 1.82) is 0 Å². The minimum atomic E-state index is 0.000150. The lowest BCUT2D eigenvalue weighted by atomic mass is 9.82. The van der Waals surface area contributed by atoms with Crippen LogP contribution in [0.15, 0.2) is 0 Å². The first kappa shape index (κ1) is 15.3. The molecule has 0 bridgehead atoms. The molecule has 0 amide bonds. The van der Waals surface area contributed by atoms with Gasteiger partial charge < -0.3 is 14.2 Å². The van der Waals surface area contributed by atoms with E-state index < -0.39 is 0 Å². The van der Waals surface area contributed by atoms with Crippen molar-refractivity contribution in [3.8, 4) is 0 Å². The topological polar surface area (TPSA) is 44.8 Å². The molecule has 2 rings (SSSR count). The normalized spacial score (nSPS) is 30.9. The Morgan fingerprint density at radius 1 is 1.42 bits per heavy atom. The van der Waals surface area contributed by atoms with Gasteiger partial charge in [0.05, 0.1) is 25.4 Å². The first-order valence-electron chi connectivity index (χ1n) is 7.07. The van der Waals surface area contributed by atoms with Crippen LogP contribution in [-0.4, -0.2) is 56.4 Å². The lowest BCUT2D eigenvalue weighted by Crippen LogP contribution is -2.42. The molecule has 5 heteroatoms. The van der Waals surface area contributed by atoms with Crippen molar-refractivity contribution in [3.63, 3.8) is 0 Å². The predicted octanol–water partition coefficient (Wildman–Crippen LogP) is 1.91. The van der Waals surface area contributed by atoms with Crippen LogP contribution < -0.4 is 0 Å². The minimum absolute atomic E-state index is 0.000150. The molecule has 0 N–H and O–H groups in total. The summed E-state index contributed by atoms with van der Waals surface area (Å²) < 4.78 is 16.2. The van der Waals surface area contributed by atoms with E-state index in [1.54, 1.807) is 7.11 Å². The van der Waals surface area contributed by atoms with Crippen molar-refractivity contribution >= 4 is 17.5 Å². The summed E-state index contributed by atoms with van der Waals surface area (Å²) in [5.41, 5.74) is 0.000150. The van der Waals surface area contributed by atoms with Gasteiger partial charge in [0.15, 0.2) is 0 Å². The third-order valence-corrected chi connectivity index (χ3v) is 5.16. The van der Waals surface area contributed by atoms with Gasteiger partial charge in [-0.05, 0) is 25.0 Å². The zero-order valence-electron chi connectivity index (χ0n) is 11.7. The summed E-state index contributed by atoms with van der Waals surface area (Å²) in [6.07, 6.45) is 3.42. The second-order valence-corrected chi connectivity index (χ2v) is 6.45. The predicted molar refractivity (Wildman–Crippen MR) is 75.7 cm³/mol. The maximum Gasteiger partial charge on any atom is 0.138 e. The molecule has 0 aromatic rings. The molecule has 0 radical (unpaired) electrons. The Labute approximate surface area is 119 Å². The van der Waals surface area contributed by atoms with Crippen LogP contribution in [0.2, 0.25) is 0 Å². The summed E-state index contributed by atoms with van der Waals surface area (Å²) >= 11 is 1.95. The molecule has 110 valence electrons. The zero-order valence-corrected chi connectivity index (χ0v) is 12.5. The number of thioether (sulfide) groups is 1. The van der Waals surface area contributed by atoms with E-state index in [4.69, 9.17) is 14.2 Å². The average molecular weight is 288 g/mol. The number of carbonyl (C=O) groups is 1. The van der Waals surface area contributed by atoms with Gasteiger partial charge in [-0.25, -0.2) is 0 Å². The van der Waals surface area contributed by atoms with Crippen LogP contribution in [0.4, 0.5) is 0 Å². The highest BCUT2D eigenvalue weighted by Crippen LogP contribution is 2.40. The SMILES string of the molecule is COCCOCCC(=O)C1CCOC2(CCSC2)C1. The van der Waals surface area contributed by atoms with Crippen LogP contribution in [0, 0.1) is 5.92 Å². The Bertz CT molecular complexity index is 289. The number of carbonyl (C=O) groups excluding carboxylic acids is 1. The summed E-state index contributed by atoms with van der Waals surface area (Å²) in [5.74, 6) is 2.75. The van der Waals surface area contributed by atoms with Gasteiger partial charge in [-0.15, -0.1) is 0 Å². The van der Waals surface area contributed by atoms with E-state index >= 15 is 0 Å². The lowest BCUT2D eigenvalue weighted by molar-refractivity contribution is -0.135. The van der Waals surface area contributed by atoms with E-state index in [-0.39, 0.29) is 11.5 Å². The van der Waals surface area contributed by atoms with Gasteiger partial charge in [-0.3, -0.25) is 4.79 Å². The van der Waals surface area contributed by atoms with Gasteiger partial charge >= 0.3 is 0 Å². The van der Waals surface area contributed by atoms with E-state index in [0.717, 1.165) is 31.6 Å². The van der Waals surface area contributed by atoms with Gasteiger partial charge in [0, 0.05) is 31.8 Å². The second-order valence-electron chi connectivity index (χ2n) is 5.35. The highest BCUT2D eigenvalue weighted by Gasteiger charge is 2.42. The number of methoxy groups -OCH3 is 1.